The third-order valence-electron chi connectivity index (χ3n) is 4.07. The van der Waals surface area contributed by atoms with Gasteiger partial charge in [0.15, 0.2) is 17.7 Å². The zero-order valence-electron chi connectivity index (χ0n) is 11.7. The summed E-state index contributed by atoms with van der Waals surface area (Å²) in [5.41, 5.74) is 5.07. The first-order valence-electron chi connectivity index (χ1n) is 6.74. The van der Waals surface area contributed by atoms with E-state index < -0.39 is 30.6 Å². The fraction of sp³-hybridized carbons (Fsp3) is 0.583. The molecule has 0 amide bonds. The van der Waals surface area contributed by atoms with Crippen LogP contribution in [-0.2, 0) is 4.74 Å². The lowest BCUT2D eigenvalue weighted by molar-refractivity contribution is -0.129. The lowest BCUT2D eigenvalue weighted by atomic mass is 9.93. The van der Waals surface area contributed by atoms with Crippen molar-refractivity contribution in [2.75, 3.05) is 12.3 Å². The van der Waals surface area contributed by atoms with Crippen molar-refractivity contribution >= 4 is 28.6 Å². The second-order valence-electron chi connectivity index (χ2n) is 5.22. The quantitative estimate of drug-likeness (QED) is 0.550. The highest BCUT2D eigenvalue weighted by Crippen LogP contribution is 2.40. The number of nitrogen functional groups attached to an aromatic ring is 1. The molecule has 2 aromatic heterocycles. The number of nitrogens with zero attached hydrogens (tertiary/aromatic N) is 4. The Labute approximate surface area is 130 Å². The van der Waals surface area contributed by atoms with Gasteiger partial charge in [-0.2, -0.15) is 9.97 Å². The van der Waals surface area contributed by atoms with Crippen LogP contribution in [0.25, 0.3) is 11.2 Å². The summed E-state index contributed by atoms with van der Waals surface area (Å²) in [7, 11) is 0. The van der Waals surface area contributed by atoms with Gasteiger partial charge in [0.2, 0.25) is 5.28 Å². The van der Waals surface area contributed by atoms with Crippen LogP contribution >= 0.6 is 11.6 Å². The molecule has 120 valence electrons. The molecule has 0 radical (unpaired) electrons. The van der Waals surface area contributed by atoms with Crippen molar-refractivity contribution in [3.63, 3.8) is 0 Å². The number of imidazole rings is 1. The Balaban J connectivity index is 2.09. The molecule has 3 rings (SSSR count). The number of hydrogen-bond acceptors (Lipinski definition) is 8. The molecule has 1 aliphatic rings. The smallest absolute Gasteiger partial charge is 0.226 e. The second kappa shape index (κ2) is 5.28. The Hall–Kier alpha value is -1.52. The van der Waals surface area contributed by atoms with Crippen molar-refractivity contribution in [2.24, 2.45) is 0 Å². The number of aliphatic hydroxyl groups is 3. The van der Waals surface area contributed by atoms with Gasteiger partial charge in [-0.05, 0) is 18.0 Å². The van der Waals surface area contributed by atoms with E-state index in [2.05, 4.69) is 15.0 Å². The summed E-state index contributed by atoms with van der Waals surface area (Å²) < 4.78 is 7.15. The number of rotatable bonds is 3. The van der Waals surface area contributed by atoms with Gasteiger partial charge in [0, 0.05) is 0 Å². The molecule has 4 atom stereocenters. The molecule has 0 spiro atoms. The van der Waals surface area contributed by atoms with Gasteiger partial charge in [0.25, 0.3) is 0 Å². The highest BCUT2D eigenvalue weighted by molar-refractivity contribution is 6.28. The van der Waals surface area contributed by atoms with E-state index in [1.807, 2.05) is 0 Å². The van der Waals surface area contributed by atoms with E-state index in [4.69, 9.17) is 22.1 Å². The maximum atomic E-state index is 10.3. The van der Waals surface area contributed by atoms with Gasteiger partial charge in [-0.3, -0.25) is 4.57 Å². The Morgan fingerprint density at radius 2 is 2.18 bits per heavy atom. The van der Waals surface area contributed by atoms with E-state index in [9.17, 15) is 15.3 Å². The predicted octanol–water partition coefficient (Wildman–Crippen LogP) is -0.546. The number of nitrogens with two attached hydrogens (primary N) is 1. The van der Waals surface area contributed by atoms with E-state index in [1.54, 1.807) is 6.92 Å². The molecule has 3 heterocycles. The number of halogens is 1. The van der Waals surface area contributed by atoms with E-state index in [0.717, 1.165) is 0 Å². The minimum absolute atomic E-state index is 0.0660. The van der Waals surface area contributed by atoms with Crippen molar-refractivity contribution in [1.82, 2.24) is 19.5 Å². The van der Waals surface area contributed by atoms with E-state index in [1.165, 1.54) is 10.9 Å². The Bertz CT molecular complexity index is 704. The number of ether oxygens (including phenoxy) is 1. The molecular formula is C12H16ClN5O4. The summed E-state index contributed by atoms with van der Waals surface area (Å²) in [6.45, 7) is 1.32. The van der Waals surface area contributed by atoms with Gasteiger partial charge in [0.05, 0.1) is 12.9 Å². The largest absolute Gasteiger partial charge is 0.393 e. The number of fused-ring (bicyclic) bond motifs is 1. The average Bonchev–Trinajstić information content (AvgIpc) is 3.01. The molecule has 1 aliphatic heterocycles. The molecule has 9 nitrogen and oxygen atoms in total. The fourth-order valence-electron chi connectivity index (χ4n) is 2.70. The third kappa shape index (κ3) is 2.05. The summed E-state index contributed by atoms with van der Waals surface area (Å²) in [6.07, 6.45) is -1.80. The molecule has 10 heteroatoms. The molecule has 1 saturated heterocycles. The van der Waals surface area contributed by atoms with Crippen LogP contribution in [0.5, 0.6) is 0 Å². The standard InChI is InChI=1S/C12H16ClN5O4/c1-2-12(3-19)7(21)6(20)10(22-12)18-4-15-5-8(14)16-11(13)17-9(5)18/h4,6-7,10,19-21H,2-3H2,1H3,(H2,14,16,17)/t6-,7-,10?,12+/m0/s1. The monoisotopic (exact) mass is 329 g/mol. The molecule has 0 aromatic carbocycles. The molecule has 1 fully saturated rings. The molecule has 0 bridgehead atoms. The predicted molar refractivity (Wildman–Crippen MR) is 77.0 cm³/mol. The van der Waals surface area contributed by atoms with Crippen LogP contribution in [0.1, 0.15) is 19.6 Å². The van der Waals surface area contributed by atoms with E-state index in [0.29, 0.717) is 11.9 Å². The lowest BCUT2D eigenvalue weighted by Gasteiger charge is -2.28. The first-order valence-corrected chi connectivity index (χ1v) is 7.11. The van der Waals surface area contributed by atoms with Crippen LogP contribution in [0.15, 0.2) is 6.33 Å². The molecule has 0 saturated carbocycles. The maximum Gasteiger partial charge on any atom is 0.226 e. The van der Waals surface area contributed by atoms with Crippen molar-refractivity contribution in [2.45, 2.75) is 37.4 Å². The molecule has 0 aliphatic carbocycles. The van der Waals surface area contributed by atoms with Crippen LogP contribution < -0.4 is 5.73 Å². The Morgan fingerprint density at radius 3 is 2.77 bits per heavy atom. The molecular weight excluding hydrogens is 314 g/mol. The minimum Gasteiger partial charge on any atom is -0.393 e. The summed E-state index contributed by atoms with van der Waals surface area (Å²) in [4.78, 5) is 11.9. The lowest BCUT2D eigenvalue weighted by Crippen LogP contribution is -2.45. The highest BCUT2D eigenvalue weighted by atomic mass is 35.5. The van der Waals surface area contributed by atoms with Gasteiger partial charge in [-0.25, -0.2) is 4.98 Å². The van der Waals surface area contributed by atoms with Crippen molar-refractivity contribution in [1.29, 1.82) is 0 Å². The maximum absolute atomic E-state index is 10.3. The first-order chi connectivity index (χ1) is 10.4. The van der Waals surface area contributed by atoms with Crippen LogP contribution in [0.2, 0.25) is 5.28 Å². The summed E-state index contributed by atoms with van der Waals surface area (Å²) in [5.74, 6) is 0.102. The Morgan fingerprint density at radius 1 is 1.45 bits per heavy atom. The number of hydrogen-bond donors (Lipinski definition) is 4. The van der Waals surface area contributed by atoms with Crippen molar-refractivity contribution < 1.29 is 20.1 Å². The first kappa shape index (κ1) is 15.4. The van der Waals surface area contributed by atoms with Crippen molar-refractivity contribution in [3.05, 3.63) is 11.6 Å². The van der Waals surface area contributed by atoms with Crippen LogP contribution in [0.4, 0.5) is 5.82 Å². The Kier molecular flexibility index (Phi) is 3.69. The normalized spacial score (nSPS) is 32.0. The van der Waals surface area contributed by atoms with Gasteiger partial charge < -0.3 is 25.8 Å². The molecule has 1 unspecified atom stereocenters. The van der Waals surface area contributed by atoms with Crippen LogP contribution in [-0.4, -0.2) is 59.3 Å². The zero-order chi connectivity index (χ0) is 16.1. The second-order valence-corrected chi connectivity index (χ2v) is 5.56. The van der Waals surface area contributed by atoms with E-state index >= 15 is 0 Å². The number of anilines is 1. The third-order valence-corrected chi connectivity index (χ3v) is 4.24. The summed E-state index contributed by atoms with van der Waals surface area (Å²) in [6, 6.07) is 0. The molecule has 5 N–H and O–H groups in total. The van der Waals surface area contributed by atoms with Gasteiger partial charge in [-0.15, -0.1) is 0 Å². The highest BCUT2D eigenvalue weighted by Gasteiger charge is 2.53. The minimum atomic E-state index is -1.26. The molecule has 2 aromatic rings. The average molecular weight is 330 g/mol. The molecule has 22 heavy (non-hydrogen) atoms. The fourth-order valence-corrected chi connectivity index (χ4v) is 2.87. The zero-order valence-corrected chi connectivity index (χ0v) is 12.5. The van der Waals surface area contributed by atoms with E-state index in [-0.39, 0.29) is 16.7 Å². The number of aliphatic hydroxyl groups excluding tert-OH is 3. The van der Waals surface area contributed by atoms with Crippen LogP contribution in [0, 0.1) is 0 Å². The van der Waals surface area contributed by atoms with Gasteiger partial charge in [0.1, 0.15) is 23.3 Å². The topological polar surface area (TPSA) is 140 Å². The number of aromatic nitrogens is 4. The van der Waals surface area contributed by atoms with Crippen LogP contribution in [0.3, 0.4) is 0 Å². The SMILES string of the molecule is CC[C@]1(CO)OC(n2cnc3c(N)nc(Cl)nc32)[C@@H](O)[C@@H]1O. The summed E-state index contributed by atoms with van der Waals surface area (Å²) >= 11 is 5.80. The van der Waals surface area contributed by atoms with Crippen molar-refractivity contribution in [3.8, 4) is 0 Å². The van der Waals surface area contributed by atoms with Gasteiger partial charge >= 0.3 is 0 Å². The van der Waals surface area contributed by atoms with Gasteiger partial charge in [-0.1, -0.05) is 6.92 Å². The summed E-state index contributed by atoms with van der Waals surface area (Å²) in [5, 5.41) is 30.0.